The molecule has 1 aliphatic rings. The SMILES string of the molecule is Cc1ccc(C2C(C(=O)C(C)(C)C)=C(O)C(=O)N2Cc2cccnc2)o1. The fourth-order valence-electron chi connectivity index (χ4n) is 3.04. The third kappa shape index (κ3) is 3.14. The molecule has 0 saturated carbocycles. The van der Waals surface area contributed by atoms with Crippen LogP contribution in [0.2, 0.25) is 0 Å². The maximum Gasteiger partial charge on any atom is 0.290 e. The highest BCUT2D eigenvalue weighted by atomic mass is 16.3. The van der Waals surface area contributed by atoms with Crippen LogP contribution >= 0.6 is 0 Å². The summed E-state index contributed by atoms with van der Waals surface area (Å²) in [6.45, 7) is 7.28. The molecule has 6 heteroatoms. The van der Waals surface area contributed by atoms with Crippen molar-refractivity contribution in [2.45, 2.75) is 40.3 Å². The van der Waals surface area contributed by atoms with Crippen LogP contribution in [0.4, 0.5) is 0 Å². The average Bonchev–Trinajstić information content (AvgIpc) is 3.11. The Labute approximate surface area is 152 Å². The van der Waals surface area contributed by atoms with E-state index in [-0.39, 0.29) is 17.9 Å². The van der Waals surface area contributed by atoms with Crippen LogP contribution < -0.4 is 0 Å². The largest absolute Gasteiger partial charge is 0.503 e. The number of pyridine rings is 1. The fourth-order valence-corrected chi connectivity index (χ4v) is 3.04. The number of amides is 1. The second-order valence-corrected chi connectivity index (χ2v) is 7.49. The highest BCUT2D eigenvalue weighted by Gasteiger charge is 2.47. The zero-order chi connectivity index (χ0) is 19.1. The van der Waals surface area contributed by atoms with Crippen LogP contribution in [0.1, 0.15) is 43.9 Å². The minimum absolute atomic E-state index is 0.0840. The lowest BCUT2D eigenvalue weighted by Crippen LogP contribution is -2.32. The van der Waals surface area contributed by atoms with Crippen LogP contribution in [-0.4, -0.2) is 26.7 Å². The van der Waals surface area contributed by atoms with Crippen LogP contribution in [0, 0.1) is 12.3 Å². The summed E-state index contributed by atoms with van der Waals surface area (Å²) in [6, 6.07) is 6.36. The second kappa shape index (κ2) is 6.44. The Morgan fingerprint density at radius 2 is 2.04 bits per heavy atom. The van der Waals surface area contributed by atoms with Gasteiger partial charge in [-0.25, -0.2) is 0 Å². The predicted molar refractivity (Wildman–Crippen MR) is 95.1 cm³/mol. The number of ketones is 1. The van der Waals surface area contributed by atoms with Gasteiger partial charge in [0.05, 0.1) is 5.57 Å². The van der Waals surface area contributed by atoms with Gasteiger partial charge in [0.2, 0.25) is 0 Å². The van der Waals surface area contributed by atoms with Crippen LogP contribution in [0.5, 0.6) is 0 Å². The molecule has 0 aliphatic carbocycles. The highest BCUT2D eigenvalue weighted by Crippen LogP contribution is 2.42. The Balaban J connectivity index is 2.08. The molecule has 0 bridgehead atoms. The molecule has 3 rings (SSSR count). The molecule has 2 aromatic rings. The van der Waals surface area contributed by atoms with Crippen molar-refractivity contribution in [2.75, 3.05) is 0 Å². The van der Waals surface area contributed by atoms with Gasteiger partial charge < -0.3 is 14.4 Å². The van der Waals surface area contributed by atoms with Crippen molar-refractivity contribution in [3.8, 4) is 0 Å². The van der Waals surface area contributed by atoms with E-state index in [4.69, 9.17) is 4.42 Å². The van der Waals surface area contributed by atoms with Crippen LogP contribution in [-0.2, 0) is 16.1 Å². The van der Waals surface area contributed by atoms with E-state index < -0.39 is 23.1 Å². The number of aryl methyl sites for hydroxylation is 1. The number of aliphatic hydroxyl groups excluding tert-OH is 1. The summed E-state index contributed by atoms with van der Waals surface area (Å²) in [6.07, 6.45) is 3.30. The van der Waals surface area contributed by atoms with Crippen LogP contribution in [0.3, 0.4) is 0 Å². The van der Waals surface area contributed by atoms with Crippen molar-refractivity contribution >= 4 is 11.7 Å². The lowest BCUT2D eigenvalue weighted by atomic mass is 9.83. The van der Waals surface area contributed by atoms with E-state index in [2.05, 4.69) is 4.98 Å². The van der Waals surface area contributed by atoms with E-state index in [0.717, 1.165) is 5.56 Å². The normalized spacial score (nSPS) is 17.9. The molecular weight excluding hydrogens is 332 g/mol. The third-order valence-electron chi connectivity index (χ3n) is 4.34. The zero-order valence-corrected chi connectivity index (χ0v) is 15.3. The molecule has 136 valence electrons. The lowest BCUT2D eigenvalue weighted by Gasteiger charge is -2.27. The van der Waals surface area contributed by atoms with Crippen LogP contribution in [0.25, 0.3) is 0 Å². The number of carbonyl (C=O) groups is 2. The van der Waals surface area contributed by atoms with Gasteiger partial charge in [-0.15, -0.1) is 0 Å². The maximum absolute atomic E-state index is 13.0. The first-order valence-electron chi connectivity index (χ1n) is 8.44. The van der Waals surface area contributed by atoms with Gasteiger partial charge in [0.1, 0.15) is 17.6 Å². The molecule has 2 aromatic heterocycles. The third-order valence-corrected chi connectivity index (χ3v) is 4.34. The number of furan rings is 1. The lowest BCUT2D eigenvalue weighted by molar-refractivity contribution is -0.130. The molecule has 26 heavy (non-hydrogen) atoms. The van der Waals surface area contributed by atoms with Gasteiger partial charge in [-0.05, 0) is 30.7 Å². The van der Waals surface area contributed by atoms with Crippen molar-refractivity contribution in [2.24, 2.45) is 5.41 Å². The summed E-state index contributed by atoms with van der Waals surface area (Å²) in [7, 11) is 0. The number of aromatic nitrogens is 1. The summed E-state index contributed by atoms with van der Waals surface area (Å²) in [5, 5.41) is 10.5. The number of hydrogen-bond acceptors (Lipinski definition) is 5. The molecule has 0 spiro atoms. The standard InChI is InChI=1S/C20H22N2O4/c1-12-7-8-14(26-12)16-15(18(24)20(2,3)4)17(23)19(25)22(16)11-13-6-5-9-21-10-13/h5-10,16,23H,11H2,1-4H3. The monoisotopic (exact) mass is 354 g/mol. The molecule has 0 fully saturated rings. The number of hydrogen-bond donors (Lipinski definition) is 1. The molecule has 1 amide bonds. The van der Waals surface area contributed by atoms with Gasteiger partial charge in [0.25, 0.3) is 5.91 Å². The Bertz CT molecular complexity index is 875. The Hall–Kier alpha value is -2.89. The second-order valence-electron chi connectivity index (χ2n) is 7.49. The van der Waals surface area contributed by atoms with E-state index >= 15 is 0 Å². The van der Waals surface area contributed by atoms with Crippen molar-refractivity contribution in [3.05, 3.63) is 65.1 Å². The van der Waals surface area contributed by atoms with Gasteiger partial charge in [-0.3, -0.25) is 14.6 Å². The molecule has 1 N–H and O–H groups in total. The molecule has 1 aliphatic heterocycles. The van der Waals surface area contributed by atoms with E-state index in [1.54, 1.807) is 58.3 Å². The molecule has 6 nitrogen and oxygen atoms in total. The molecule has 3 heterocycles. The molecule has 0 radical (unpaired) electrons. The van der Waals surface area contributed by atoms with E-state index in [1.807, 2.05) is 6.07 Å². The number of Topliss-reactive ketones (excluding diaryl/α,β-unsaturated/α-hetero) is 1. The Morgan fingerprint density at radius 1 is 1.31 bits per heavy atom. The first-order valence-corrected chi connectivity index (χ1v) is 8.44. The summed E-state index contributed by atoms with van der Waals surface area (Å²) in [5.41, 5.74) is 0.139. The molecule has 0 aromatic carbocycles. The van der Waals surface area contributed by atoms with Crippen molar-refractivity contribution in [1.82, 2.24) is 9.88 Å². The summed E-state index contributed by atoms with van der Waals surface area (Å²) in [5.74, 6) is -0.247. The predicted octanol–water partition coefficient (Wildman–Crippen LogP) is 3.49. The van der Waals surface area contributed by atoms with Crippen molar-refractivity contribution in [1.29, 1.82) is 0 Å². The molecule has 0 saturated heterocycles. The number of nitrogens with zero attached hydrogens (tertiary/aromatic N) is 2. The van der Waals surface area contributed by atoms with E-state index in [0.29, 0.717) is 11.5 Å². The van der Waals surface area contributed by atoms with Crippen molar-refractivity contribution in [3.63, 3.8) is 0 Å². The van der Waals surface area contributed by atoms with Crippen molar-refractivity contribution < 1.29 is 19.1 Å². The van der Waals surface area contributed by atoms with Gasteiger partial charge in [0.15, 0.2) is 11.5 Å². The topological polar surface area (TPSA) is 83.6 Å². The zero-order valence-electron chi connectivity index (χ0n) is 15.3. The first kappa shape index (κ1) is 17.9. The highest BCUT2D eigenvalue weighted by molar-refractivity contribution is 6.10. The van der Waals surface area contributed by atoms with Gasteiger partial charge >= 0.3 is 0 Å². The maximum atomic E-state index is 13.0. The minimum atomic E-state index is -0.761. The first-order chi connectivity index (χ1) is 12.2. The Morgan fingerprint density at radius 3 is 2.58 bits per heavy atom. The number of aliphatic hydroxyl groups is 1. The van der Waals surface area contributed by atoms with Gasteiger partial charge in [-0.2, -0.15) is 0 Å². The van der Waals surface area contributed by atoms with Gasteiger partial charge in [0, 0.05) is 24.4 Å². The van der Waals surface area contributed by atoms with Gasteiger partial charge in [-0.1, -0.05) is 26.8 Å². The number of carbonyl (C=O) groups excluding carboxylic acids is 2. The minimum Gasteiger partial charge on any atom is -0.503 e. The number of rotatable bonds is 4. The van der Waals surface area contributed by atoms with E-state index in [1.165, 1.54) is 4.90 Å². The summed E-state index contributed by atoms with van der Waals surface area (Å²) in [4.78, 5) is 31.2. The van der Waals surface area contributed by atoms with Crippen LogP contribution in [0.15, 0.2) is 52.4 Å². The summed E-state index contributed by atoms with van der Waals surface area (Å²) >= 11 is 0. The van der Waals surface area contributed by atoms with E-state index in [9.17, 15) is 14.7 Å². The molecular formula is C20H22N2O4. The Kier molecular flexibility index (Phi) is 4.44. The smallest absolute Gasteiger partial charge is 0.290 e. The fraction of sp³-hybridized carbons (Fsp3) is 0.350. The quantitative estimate of drug-likeness (QED) is 0.908. The molecule has 1 unspecified atom stereocenters. The molecule has 1 atom stereocenters. The summed E-state index contributed by atoms with van der Waals surface area (Å²) < 4.78 is 5.72. The average molecular weight is 354 g/mol.